The van der Waals surface area contributed by atoms with Gasteiger partial charge in [0.25, 0.3) is 0 Å². The Bertz CT molecular complexity index is 497. The zero-order valence-electron chi connectivity index (χ0n) is 9.66. The first-order valence-electron chi connectivity index (χ1n) is 5.03. The van der Waals surface area contributed by atoms with Gasteiger partial charge >= 0.3 is 5.97 Å². The van der Waals surface area contributed by atoms with Crippen LogP contribution in [-0.4, -0.2) is 29.1 Å². The molecule has 5 heteroatoms. The zero-order valence-corrected chi connectivity index (χ0v) is 9.66. The van der Waals surface area contributed by atoms with Crippen LogP contribution >= 0.6 is 0 Å². The Kier molecular flexibility index (Phi) is 4.68. The first kappa shape index (κ1) is 13.5. The largest absolute Gasteiger partial charge is 0.508 e. The molecule has 0 aliphatic heterocycles. The fourth-order valence-corrected chi connectivity index (χ4v) is 1.11. The lowest BCUT2D eigenvalue weighted by Crippen LogP contribution is -2.05. The maximum absolute atomic E-state index is 11.3. The van der Waals surface area contributed by atoms with Gasteiger partial charge in [0.05, 0.1) is 7.11 Å². The number of ether oxygens (including phenoxy) is 1. The molecule has 0 radical (unpaired) electrons. The number of aliphatic hydroxyl groups is 1. The first-order valence-corrected chi connectivity index (χ1v) is 5.03. The number of carbonyl (C=O) groups is 2. The molecule has 0 spiro atoms. The monoisotopic (exact) mass is 248 g/mol. The number of esters is 1. The number of methoxy groups -OCH3 is 1. The molecule has 0 amide bonds. The molecule has 0 saturated carbocycles. The van der Waals surface area contributed by atoms with Crippen LogP contribution in [0.25, 0.3) is 6.08 Å². The van der Waals surface area contributed by atoms with Gasteiger partial charge in [-0.1, -0.05) is 18.2 Å². The third kappa shape index (κ3) is 4.13. The number of allylic oxidation sites excluding steroid dienone is 2. The van der Waals surface area contributed by atoms with E-state index in [-0.39, 0.29) is 5.75 Å². The molecule has 0 atom stereocenters. The quantitative estimate of drug-likeness (QED) is 0.480. The standard InChI is InChI=1S/C13H12O5/c1-18-13(17)12(16)8-11(15)7-4-9-2-5-10(14)6-3-9/h2-8,14,16H,1H3/b7-4+,12-8?. The summed E-state index contributed by atoms with van der Waals surface area (Å²) in [6, 6.07) is 6.18. The van der Waals surface area contributed by atoms with Crippen LogP contribution in [0, 0.1) is 0 Å². The molecule has 2 N–H and O–H groups in total. The predicted octanol–water partition coefficient (Wildman–Crippen LogP) is 1.59. The summed E-state index contributed by atoms with van der Waals surface area (Å²) in [4.78, 5) is 22.1. The molecule has 0 aromatic heterocycles. The van der Waals surface area contributed by atoms with E-state index in [2.05, 4.69) is 4.74 Å². The van der Waals surface area contributed by atoms with E-state index in [1.54, 1.807) is 12.1 Å². The van der Waals surface area contributed by atoms with Crippen molar-refractivity contribution in [3.8, 4) is 5.75 Å². The lowest BCUT2D eigenvalue weighted by atomic mass is 10.2. The van der Waals surface area contributed by atoms with Crippen LogP contribution in [0.3, 0.4) is 0 Å². The van der Waals surface area contributed by atoms with Crippen molar-refractivity contribution in [1.29, 1.82) is 0 Å². The van der Waals surface area contributed by atoms with Gasteiger partial charge in [-0.15, -0.1) is 0 Å². The van der Waals surface area contributed by atoms with E-state index in [9.17, 15) is 9.59 Å². The average molecular weight is 248 g/mol. The van der Waals surface area contributed by atoms with Crippen LogP contribution in [-0.2, 0) is 14.3 Å². The number of ketones is 1. The number of aliphatic hydroxyl groups excluding tert-OH is 1. The van der Waals surface area contributed by atoms with E-state index < -0.39 is 17.5 Å². The number of rotatable bonds is 4. The van der Waals surface area contributed by atoms with Crippen LogP contribution in [0.2, 0.25) is 0 Å². The predicted molar refractivity (Wildman–Crippen MR) is 64.9 cm³/mol. The third-order valence-electron chi connectivity index (χ3n) is 2.01. The summed E-state index contributed by atoms with van der Waals surface area (Å²) in [6.45, 7) is 0. The molecule has 18 heavy (non-hydrogen) atoms. The van der Waals surface area contributed by atoms with E-state index in [1.165, 1.54) is 24.3 Å². The summed E-state index contributed by atoms with van der Waals surface area (Å²) in [7, 11) is 1.10. The molecule has 0 aliphatic rings. The number of hydrogen-bond donors (Lipinski definition) is 2. The van der Waals surface area contributed by atoms with E-state index in [1.807, 2.05) is 0 Å². The van der Waals surface area contributed by atoms with Gasteiger partial charge in [0, 0.05) is 6.08 Å². The highest BCUT2D eigenvalue weighted by molar-refractivity contribution is 6.05. The maximum atomic E-state index is 11.3. The zero-order chi connectivity index (χ0) is 13.5. The highest BCUT2D eigenvalue weighted by Crippen LogP contribution is 2.10. The first-order chi connectivity index (χ1) is 8.52. The van der Waals surface area contributed by atoms with Crippen molar-refractivity contribution in [3.63, 3.8) is 0 Å². The van der Waals surface area contributed by atoms with Gasteiger partial charge in [-0.3, -0.25) is 4.79 Å². The minimum absolute atomic E-state index is 0.127. The maximum Gasteiger partial charge on any atom is 0.373 e. The van der Waals surface area contributed by atoms with E-state index in [4.69, 9.17) is 10.2 Å². The van der Waals surface area contributed by atoms with Crippen LogP contribution in [0.15, 0.2) is 42.2 Å². The second kappa shape index (κ2) is 6.24. The minimum atomic E-state index is -0.971. The Morgan fingerprint density at radius 2 is 1.83 bits per heavy atom. The van der Waals surface area contributed by atoms with Gasteiger partial charge in [0.1, 0.15) is 5.75 Å². The molecule has 5 nitrogen and oxygen atoms in total. The Morgan fingerprint density at radius 1 is 1.22 bits per heavy atom. The Morgan fingerprint density at radius 3 is 2.39 bits per heavy atom. The summed E-state index contributed by atoms with van der Waals surface area (Å²) in [5, 5.41) is 18.2. The van der Waals surface area contributed by atoms with Crippen molar-refractivity contribution in [2.75, 3.05) is 7.11 Å². The summed E-state index contributed by atoms with van der Waals surface area (Å²) in [5.41, 5.74) is 0.701. The van der Waals surface area contributed by atoms with Crippen molar-refractivity contribution in [3.05, 3.63) is 47.7 Å². The molecule has 1 rings (SSSR count). The number of carbonyl (C=O) groups excluding carboxylic acids is 2. The number of phenolic OH excluding ortho intramolecular Hbond substituents is 1. The molecule has 1 aromatic rings. The highest BCUT2D eigenvalue weighted by atomic mass is 16.5. The van der Waals surface area contributed by atoms with Crippen molar-refractivity contribution in [2.24, 2.45) is 0 Å². The second-order valence-electron chi connectivity index (χ2n) is 3.35. The van der Waals surface area contributed by atoms with Gasteiger partial charge in [-0.25, -0.2) is 4.79 Å². The average Bonchev–Trinajstić information content (AvgIpc) is 2.37. The van der Waals surface area contributed by atoms with E-state index >= 15 is 0 Å². The minimum Gasteiger partial charge on any atom is -0.508 e. The molecule has 0 fully saturated rings. The molecule has 0 heterocycles. The lowest BCUT2D eigenvalue weighted by molar-refractivity contribution is -0.139. The van der Waals surface area contributed by atoms with Gasteiger partial charge in [-0.2, -0.15) is 0 Å². The number of benzene rings is 1. The van der Waals surface area contributed by atoms with Crippen LogP contribution in [0.1, 0.15) is 5.56 Å². The summed E-state index contributed by atoms with van der Waals surface area (Å²) < 4.78 is 4.23. The molecule has 94 valence electrons. The van der Waals surface area contributed by atoms with Crippen LogP contribution in [0.5, 0.6) is 5.75 Å². The smallest absolute Gasteiger partial charge is 0.373 e. The van der Waals surface area contributed by atoms with Crippen molar-refractivity contribution < 1.29 is 24.5 Å². The van der Waals surface area contributed by atoms with Gasteiger partial charge in [0.15, 0.2) is 5.78 Å². The molecule has 0 unspecified atom stereocenters. The van der Waals surface area contributed by atoms with Crippen molar-refractivity contribution >= 4 is 17.8 Å². The van der Waals surface area contributed by atoms with Gasteiger partial charge in [-0.05, 0) is 23.8 Å². The topological polar surface area (TPSA) is 83.8 Å². The molecule has 1 aromatic carbocycles. The van der Waals surface area contributed by atoms with E-state index in [0.29, 0.717) is 5.56 Å². The van der Waals surface area contributed by atoms with Crippen molar-refractivity contribution in [1.82, 2.24) is 0 Å². The molecule has 0 saturated heterocycles. The molecular weight excluding hydrogens is 236 g/mol. The second-order valence-corrected chi connectivity index (χ2v) is 3.35. The number of phenols is 1. The lowest BCUT2D eigenvalue weighted by Gasteiger charge is -1.95. The number of aromatic hydroxyl groups is 1. The Balaban J connectivity index is 2.70. The Labute approximate surface area is 104 Å². The molecule has 0 bridgehead atoms. The number of hydrogen-bond acceptors (Lipinski definition) is 5. The fraction of sp³-hybridized carbons (Fsp3) is 0.0769. The Hall–Kier alpha value is -2.56. The highest BCUT2D eigenvalue weighted by Gasteiger charge is 2.07. The summed E-state index contributed by atoms with van der Waals surface area (Å²) >= 11 is 0. The summed E-state index contributed by atoms with van der Waals surface area (Å²) in [5.74, 6) is -2.15. The van der Waals surface area contributed by atoms with Crippen LogP contribution < -0.4 is 0 Å². The fourth-order valence-electron chi connectivity index (χ4n) is 1.11. The van der Waals surface area contributed by atoms with E-state index in [0.717, 1.165) is 13.2 Å². The molecular formula is C13H12O5. The van der Waals surface area contributed by atoms with Gasteiger partial charge in [0.2, 0.25) is 5.76 Å². The third-order valence-corrected chi connectivity index (χ3v) is 2.01. The normalized spacial score (nSPS) is 11.5. The molecule has 0 aliphatic carbocycles. The summed E-state index contributed by atoms with van der Waals surface area (Å²) in [6.07, 6.45) is 3.44. The SMILES string of the molecule is COC(=O)C(O)=CC(=O)/C=C/c1ccc(O)cc1. The van der Waals surface area contributed by atoms with Crippen molar-refractivity contribution in [2.45, 2.75) is 0 Å². The van der Waals surface area contributed by atoms with Crippen LogP contribution in [0.4, 0.5) is 0 Å². The van der Waals surface area contributed by atoms with Gasteiger partial charge < -0.3 is 14.9 Å².